The number of hydrogen-bond donors (Lipinski definition) is 0. The van der Waals surface area contributed by atoms with Gasteiger partial charge in [-0.1, -0.05) is 44.9 Å². The second kappa shape index (κ2) is 11.3. The fourth-order valence-electron chi connectivity index (χ4n) is 6.53. The topological polar surface area (TPSA) is 70.2 Å². The van der Waals surface area contributed by atoms with Gasteiger partial charge < -0.3 is 9.64 Å². The normalized spacial score (nSPS) is 20.3. The number of anilines is 1. The molecule has 2 aromatic carbocycles. The largest absolute Gasteiger partial charge is 0.460 e. The quantitative estimate of drug-likeness (QED) is 0.259. The van der Waals surface area contributed by atoms with Gasteiger partial charge in [0.05, 0.1) is 6.54 Å². The lowest BCUT2D eigenvalue weighted by Crippen LogP contribution is -2.47. The van der Waals surface area contributed by atoms with Crippen molar-refractivity contribution in [2.45, 2.75) is 70.9 Å². The highest BCUT2D eigenvalue weighted by Gasteiger charge is 2.37. The number of esters is 1. The fraction of sp³-hybridized carbons (Fsp3) is 0.516. The zero-order chi connectivity index (χ0) is 26.8. The summed E-state index contributed by atoms with van der Waals surface area (Å²) in [5, 5.41) is 1.66. The highest BCUT2D eigenvalue weighted by molar-refractivity contribution is 6.26. The lowest BCUT2D eigenvalue weighted by atomic mass is 9.90. The third kappa shape index (κ3) is 4.96. The maximum absolute atomic E-state index is 13.7. The monoisotopic (exact) mass is 517 g/mol. The Morgan fingerprint density at radius 1 is 1.03 bits per heavy atom. The first-order chi connectivity index (χ1) is 18.4. The summed E-state index contributed by atoms with van der Waals surface area (Å²) in [5.41, 5.74) is 2.57. The van der Waals surface area contributed by atoms with Crippen molar-refractivity contribution in [3.63, 3.8) is 0 Å². The Labute approximate surface area is 225 Å². The zero-order valence-corrected chi connectivity index (χ0v) is 22.7. The number of carbonyl (C=O) groups excluding carboxylic acids is 3. The van der Waals surface area contributed by atoms with Gasteiger partial charge in [0.2, 0.25) is 0 Å². The maximum Gasteiger partial charge on any atom is 0.333 e. The van der Waals surface area contributed by atoms with Crippen LogP contribution in [0.4, 0.5) is 5.69 Å². The molecule has 1 aliphatic carbocycles. The van der Waals surface area contributed by atoms with Gasteiger partial charge in [-0.25, -0.2) is 4.79 Å². The van der Waals surface area contributed by atoms with E-state index in [2.05, 4.69) is 23.3 Å². The summed E-state index contributed by atoms with van der Waals surface area (Å²) in [4.78, 5) is 45.6. The summed E-state index contributed by atoms with van der Waals surface area (Å²) in [5.74, 6) is -0.786. The van der Waals surface area contributed by atoms with Gasteiger partial charge in [0, 0.05) is 51.8 Å². The Balaban J connectivity index is 1.49. The maximum atomic E-state index is 13.7. The Hall–Kier alpha value is -3.19. The predicted molar refractivity (Wildman–Crippen MR) is 150 cm³/mol. The Kier molecular flexibility index (Phi) is 7.84. The second-order valence-electron chi connectivity index (χ2n) is 10.9. The van der Waals surface area contributed by atoms with Crippen LogP contribution in [0.1, 0.15) is 79.5 Å². The lowest BCUT2D eigenvalue weighted by molar-refractivity contribution is -0.138. The molecular weight excluding hydrogens is 478 g/mol. The van der Waals surface area contributed by atoms with Gasteiger partial charge in [0.15, 0.2) is 0 Å². The van der Waals surface area contributed by atoms with Crippen molar-refractivity contribution in [2.75, 3.05) is 37.7 Å². The number of likely N-dealkylation sites (N-methyl/N-ethyl adjacent to an activating group) is 1. The summed E-state index contributed by atoms with van der Waals surface area (Å²) in [6, 6.07) is 10.2. The Morgan fingerprint density at radius 2 is 1.76 bits per heavy atom. The summed E-state index contributed by atoms with van der Waals surface area (Å²) in [7, 11) is 0. The summed E-state index contributed by atoms with van der Waals surface area (Å²) in [6.07, 6.45) is 7.80. The highest BCUT2D eigenvalue weighted by atomic mass is 16.5. The van der Waals surface area contributed by atoms with Crippen molar-refractivity contribution < 1.29 is 19.1 Å². The minimum atomic E-state index is -0.384. The average molecular weight is 518 g/mol. The number of benzene rings is 2. The van der Waals surface area contributed by atoms with Crippen LogP contribution in [0.3, 0.4) is 0 Å². The molecule has 1 atom stereocenters. The molecule has 202 valence electrons. The molecule has 0 radical (unpaired) electrons. The number of hydrogen-bond acceptors (Lipinski definition) is 6. The van der Waals surface area contributed by atoms with Crippen LogP contribution in [0, 0.1) is 0 Å². The van der Waals surface area contributed by atoms with Crippen LogP contribution in [-0.2, 0) is 9.53 Å². The number of rotatable bonds is 9. The molecule has 2 aromatic rings. The number of nitrogens with zero attached hydrogens (tertiary/aromatic N) is 3. The third-order valence-electron chi connectivity index (χ3n) is 8.51. The van der Waals surface area contributed by atoms with E-state index in [4.69, 9.17) is 4.74 Å². The minimum absolute atomic E-state index is 0.201. The molecule has 0 spiro atoms. The molecule has 5 rings (SSSR count). The number of ether oxygens (including phenoxy) is 1. The molecule has 2 heterocycles. The molecule has 0 aromatic heterocycles. The van der Waals surface area contributed by atoms with Crippen LogP contribution in [-0.4, -0.2) is 72.5 Å². The van der Waals surface area contributed by atoms with Crippen LogP contribution >= 0.6 is 0 Å². The van der Waals surface area contributed by atoms with E-state index in [1.54, 1.807) is 6.92 Å². The fourth-order valence-corrected chi connectivity index (χ4v) is 6.53. The van der Waals surface area contributed by atoms with Gasteiger partial charge in [-0.15, -0.1) is 0 Å². The van der Waals surface area contributed by atoms with E-state index in [9.17, 15) is 14.4 Å². The van der Waals surface area contributed by atoms with E-state index >= 15 is 0 Å². The molecule has 7 nitrogen and oxygen atoms in total. The van der Waals surface area contributed by atoms with Crippen molar-refractivity contribution in [1.82, 2.24) is 9.80 Å². The number of likely N-dealkylation sites (tertiary alicyclic amines) is 1. The lowest BCUT2D eigenvalue weighted by Gasteiger charge is -2.38. The Bertz CT molecular complexity index is 1230. The van der Waals surface area contributed by atoms with Crippen LogP contribution in [0.2, 0.25) is 0 Å². The number of imide groups is 1. The van der Waals surface area contributed by atoms with E-state index in [-0.39, 0.29) is 30.4 Å². The minimum Gasteiger partial charge on any atom is -0.460 e. The van der Waals surface area contributed by atoms with Crippen LogP contribution < -0.4 is 4.90 Å². The van der Waals surface area contributed by atoms with Gasteiger partial charge >= 0.3 is 5.97 Å². The molecule has 3 aliphatic rings. The van der Waals surface area contributed by atoms with Crippen molar-refractivity contribution in [3.8, 4) is 0 Å². The average Bonchev–Trinajstić information content (AvgIpc) is 3.39. The summed E-state index contributed by atoms with van der Waals surface area (Å²) < 4.78 is 5.47. The predicted octanol–water partition coefficient (Wildman–Crippen LogP) is 5.18. The molecule has 0 N–H and O–H groups in total. The van der Waals surface area contributed by atoms with Gasteiger partial charge in [-0.3, -0.25) is 19.4 Å². The van der Waals surface area contributed by atoms with Crippen LogP contribution in [0.25, 0.3) is 10.8 Å². The molecule has 7 heteroatoms. The van der Waals surface area contributed by atoms with E-state index in [0.29, 0.717) is 35.8 Å². The molecule has 2 amide bonds. The molecule has 38 heavy (non-hydrogen) atoms. The molecule has 1 unspecified atom stereocenters. The van der Waals surface area contributed by atoms with E-state index < -0.39 is 0 Å². The second-order valence-corrected chi connectivity index (χ2v) is 10.9. The van der Waals surface area contributed by atoms with Crippen molar-refractivity contribution in [1.29, 1.82) is 0 Å². The smallest absolute Gasteiger partial charge is 0.333 e. The van der Waals surface area contributed by atoms with Crippen molar-refractivity contribution in [2.24, 2.45) is 0 Å². The molecule has 2 aliphatic heterocycles. The molecule has 1 saturated carbocycles. The van der Waals surface area contributed by atoms with Gasteiger partial charge in [0.1, 0.15) is 6.61 Å². The van der Waals surface area contributed by atoms with Crippen molar-refractivity contribution >= 4 is 34.2 Å². The SMILES string of the molecule is C=C(C)C(=O)OCCN(c1ccc2c3c(cccc13)C(=O)N(CC1CCCN1CC)C2=O)C1CCCCC1. The van der Waals surface area contributed by atoms with E-state index in [0.717, 1.165) is 68.1 Å². The first kappa shape index (κ1) is 26.4. The number of amides is 2. The van der Waals surface area contributed by atoms with Gasteiger partial charge in [0.25, 0.3) is 11.8 Å². The highest BCUT2D eigenvalue weighted by Crippen LogP contribution is 2.38. The van der Waals surface area contributed by atoms with Crippen LogP contribution in [0.15, 0.2) is 42.5 Å². The van der Waals surface area contributed by atoms with Crippen molar-refractivity contribution in [3.05, 3.63) is 53.6 Å². The molecule has 2 fully saturated rings. The Morgan fingerprint density at radius 3 is 2.47 bits per heavy atom. The molecule has 0 bridgehead atoms. The summed E-state index contributed by atoms with van der Waals surface area (Å²) >= 11 is 0. The first-order valence-corrected chi connectivity index (χ1v) is 14.2. The standard InChI is InChI=1S/C31H39N3O4/c1-4-32-17-9-12-23(32)20-34-29(35)25-14-8-13-24-27(16-15-26(28(24)25)30(34)36)33(22-10-6-5-7-11-22)18-19-38-31(37)21(2)3/h8,13-16,22-23H,2,4-7,9-12,17-20H2,1,3H3. The zero-order valence-electron chi connectivity index (χ0n) is 22.7. The number of carbonyl (C=O) groups is 3. The third-order valence-corrected chi connectivity index (χ3v) is 8.51. The molecular formula is C31H39N3O4. The van der Waals surface area contributed by atoms with Crippen LogP contribution in [0.5, 0.6) is 0 Å². The summed E-state index contributed by atoms with van der Waals surface area (Å²) in [6.45, 7) is 10.6. The first-order valence-electron chi connectivity index (χ1n) is 14.2. The van der Waals surface area contributed by atoms with E-state index in [1.807, 2.05) is 30.3 Å². The molecule has 1 saturated heterocycles. The van der Waals surface area contributed by atoms with Gasteiger partial charge in [-0.2, -0.15) is 0 Å². The van der Waals surface area contributed by atoms with E-state index in [1.165, 1.54) is 11.3 Å². The van der Waals surface area contributed by atoms with Gasteiger partial charge in [-0.05, 0) is 63.9 Å².